The third kappa shape index (κ3) is 2.97. The molecule has 0 unspecified atom stereocenters. The van der Waals surface area contributed by atoms with E-state index in [0.717, 1.165) is 16.9 Å². The maximum atomic E-state index is 12.9. The Hall–Kier alpha value is -1.81. The fourth-order valence-electron chi connectivity index (χ4n) is 3.47. The molecule has 0 amide bonds. The number of anilines is 1. The summed E-state index contributed by atoms with van der Waals surface area (Å²) in [6, 6.07) is 1.83. The average Bonchev–Trinajstić information content (AvgIpc) is 2.95. The van der Waals surface area contributed by atoms with Crippen LogP contribution < -0.4 is 9.62 Å². The van der Waals surface area contributed by atoms with E-state index < -0.39 is 34.0 Å². The van der Waals surface area contributed by atoms with Crippen molar-refractivity contribution in [2.24, 2.45) is 0 Å². The van der Waals surface area contributed by atoms with Crippen LogP contribution in [0, 0.1) is 0 Å². The number of hydrogen-bond donors (Lipinski definition) is 2. The van der Waals surface area contributed by atoms with Gasteiger partial charge in [-0.1, -0.05) is 0 Å². The molecule has 7 nitrogen and oxygen atoms in total. The second-order valence-electron chi connectivity index (χ2n) is 6.92. The topological polar surface area (TPSA) is 91.0 Å². The van der Waals surface area contributed by atoms with Gasteiger partial charge in [-0.05, 0) is 18.9 Å². The first kappa shape index (κ1) is 16.6. The summed E-state index contributed by atoms with van der Waals surface area (Å²) in [6.45, 7) is 0. The zero-order valence-corrected chi connectivity index (χ0v) is 14.4. The number of alkyl halides is 2. The molecule has 2 N–H and O–H groups in total. The van der Waals surface area contributed by atoms with Gasteiger partial charge in [0.15, 0.2) is 0 Å². The fraction of sp³-hybridized carbons (Fsp3) is 0.600. The van der Waals surface area contributed by atoms with Crippen LogP contribution in [0.2, 0.25) is 0 Å². The summed E-state index contributed by atoms with van der Waals surface area (Å²) < 4.78 is 52.6. The van der Waals surface area contributed by atoms with Crippen LogP contribution in [0.3, 0.4) is 0 Å². The molecule has 2 aromatic rings. The molecule has 2 aliphatic rings. The van der Waals surface area contributed by atoms with Gasteiger partial charge in [-0.2, -0.15) is 0 Å². The van der Waals surface area contributed by atoms with Gasteiger partial charge in [0, 0.05) is 38.2 Å². The molecule has 0 bridgehead atoms. The minimum atomic E-state index is -3.67. The largest absolute Gasteiger partial charge is 0.356 e. The van der Waals surface area contributed by atoms with Crippen LogP contribution in [0.25, 0.3) is 11.0 Å². The molecular formula is C15H19F2N5O2S. The third-order valence-corrected chi connectivity index (χ3v) is 7.02. The van der Waals surface area contributed by atoms with Crippen molar-refractivity contribution in [1.29, 1.82) is 0 Å². The summed E-state index contributed by atoms with van der Waals surface area (Å²) in [6.07, 6.45) is 3.36. The van der Waals surface area contributed by atoms with Crippen LogP contribution in [0.4, 0.5) is 14.6 Å². The molecule has 0 saturated heterocycles. The van der Waals surface area contributed by atoms with Crippen LogP contribution >= 0.6 is 0 Å². The molecular weight excluding hydrogens is 352 g/mol. The number of halogens is 2. The molecule has 25 heavy (non-hydrogen) atoms. The van der Waals surface area contributed by atoms with Crippen molar-refractivity contribution >= 4 is 26.9 Å². The number of sulfonamides is 1. The van der Waals surface area contributed by atoms with E-state index in [1.165, 1.54) is 6.33 Å². The van der Waals surface area contributed by atoms with E-state index >= 15 is 0 Å². The molecule has 0 radical (unpaired) electrons. The Morgan fingerprint density at radius 1 is 1.32 bits per heavy atom. The molecule has 0 aliphatic heterocycles. The molecule has 2 fully saturated rings. The zero-order valence-electron chi connectivity index (χ0n) is 13.6. The molecule has 4 rings (SSSR count). The van der Waals surface area contributed by atoms with Gasteiger partial charge < -0.3 is 9.88 Å². The van der Waals surface area contributed by atoms with Gasteiger partial charge in [0.1, 0.15) is 17.8 Å². The monoisotopic (exact) mass is 371 g/mol. The molecule has 0 atom stereocenters. The highest BCUT2D eigenvalue weighted by Gasteiger charge is 2.52. The van der Waals surface area contributed by atoms with E-state index in [-0.39, 0.29) is 12.1 Å². The van der Waals surface area contributed by atoms with Crippen LogP contribution in [0.15, 0.2) is 18.6 Å². The number of aromatic nitrogens is 3. The fourth-order valence-corrected chi connectivity index (χ4v) is 5.24. The van der Waals surface area contributed by atoms with Gasteiger partial charge in [-0.15, -0.1) is 0 Å². The number of rotatable bonds is 5. The van der Waals surface area contributed by atoms with Crippen molar-refractivity contribution in [3.05, 3.63) is 18.6 Å². The highest BCUT2D eigenvalue weighted by atomic mass is 32.2. The van der Waals surface area contributed by atoms with Crippen molar-refractivity contribution in [3.8, 4) is 0 Å². The van der Waals surface area contributed by atoms with Crippen LogP contribution in [-0.2, 0) is 10.0 Å². The number of aromatic amines is 1. The normalized spacial score (nSPS) is 26.2. The SMILES string of the molecule is CN(c1ncnc2[nH]ccc12)[C@H]1C[C@@H](NS(=O)(=O)C2CC(F)(F)C2)C1. The molecule has 136 valence electrons. The van der Waals surface area contributed by atoms with Gasteiger partial charge in [0.25, 0.3) is 5.92 Å². The molecule has 10 heteroatoms. The van der Waals surface area contributed by atoms with E-state index in [2.05, 4.69) is 19.7 Å². The number of nitrogens with zero attached hydrogens (tertiary/aromatic N) is 3. The van der Waals surface area contributed by atoms with E-state index in [1.807, 2.05) is 18.0 Å². The van der Waals surface area contributed by atoms with Gasteiger partial charge in [-0.3, -0.25) is 0 Å². The first-order chi connectivity index (χ1) is 11.8. The van der Waals surface area contributed by atoms with Crippen molar-refractivity contribution in [2.75, 3.05) is 11.9 Å². The first-order valence-electron chi connectivity index (χ1n) is 8.15. The van der Waals surface area contributed by atoms with E-state index in [1.54, 1.807) is 6.20 Å². The standard InChI is InChI=1S/C15H19F2N5O2S/c1-22(14-12-2-3-18-13(12)19-8-20-14)10-4-9(5-10)21-25(23,24)11-6-15(16,17)7-11/h2-3,8-11,21H,4-7H2,1H3,(H,18,19,20)/t9-,10+. The molecule has 0 aromatic carbocycles. The van der Waals surface area contributed by atoms with Gasteiger partial charge in [0.2, 0.25) is 10.0 Å². The highest BCUT2D eigenvalue weighted by Crippen LogP contribution is 2.41. The average molecular weight is 371 g/mol. The lowest BCUT2D eigenvalue weighted by Gasteiger charge is -2.43. The number of hydrogen-bond acceptors (Lipinski definition) is 5. The van der Waals surface area contributed by atoms with Gasteiger partial charge in [-0.25, -0.2) is 31.9 Å². The maximum absolute atomic E-state index is 12.9. The molecule has 2 aromatic heterocycles. The van der Waals surface area contributed by atoms with Crippen molar-refractivity contribution in [2.45, 2.75) is 48.9 Å². The molecule has 2 aliphatic carbocycles. The predicted octanol–water partition coefficient (Wildman–Crippen LogP) is 1.64. The molecule has 0 spiro atoms. The van der Waals surface area contributed by atoms with Crippen LogP contribution in [-0.4, -0.2) is 53.7 Å². The van der Waals surface area contributed by atoms with Crippen molar-refractivity contribution in [3.63, 3.8) is 0 Å². The summed E-state index contributed by atoms with van der Waals surface area (Å²) in [5, 5.41) is -0.0636. The lowest BCUT2D eigenvalue weighted by atomic mass is 9.86. The first-order valence-corrected chi connectivity index (χ1v) is 9.70. The maximum Gasteiger partial charge on any atom is 0.250 e. The number of fused-ring (bicyclic) bond motifs is 1. The number of H-pyrrole nitrogens is 1. The van der Waals surface area contributed by atoms with Crippen molar-refractivity contribution < 1.29 is 17.2 Å². The Bertz CT molecular complexity index is 886. The van der Waals surface area contributed by atoms with Gasteiger partial charge >= 0.3 is 0 Å². The highest BCUT2D eigenvalue weighted by molar-refractivity contribution is 7.90. The minimum Gasteiger partial charge on any atom is -0.356 e. The zero-order chi connectivity index (χ0) is 17.8. The number of nitrogens with one attached hydrogen (secondary N) is 2. The Morgan fingerprint density at radius 3 is 2.72 bits per heavy atom. The smallest absolute Gasteiger partial charge is 0.250 e. The summed E-state index contributed by atoms with van der Waals surface area (Å²) in [4.78, 5) is 13.5. The third-order valence-electron chi connectivity index (χ3n) is 5.15. The molecule has 2 heterocycles. The Morgan fingerprint density at radius 2 is 2.04 bits per heavy atom. The summed E-state index contributed by atoms with van der Waals surface area (Å²) in [5.74, 6) is -2.05. The van der Waals surface area contributed by atoms with Crippen molar-refractivity contribution in [1.82, 2.24) is 19.7 Å². The summed E-state index contributed by atoms with van der Waals surface area (Å²) in [7, 11) is -1.76. The Balaban J connectivity index is 1.37. The Kier molecular flexibility index (Phi) is 3.73. The lowest BCUT2D eigenvalue weighted by Crippen LogP contribution is -2.57. The predicted molar refractivity (Wildman–Crippen MR) is 89.1 cm³/mol. The Labute approximate surface area is 143 Å². The van der Waals surface area contributed by atoms with E-state index in [0.29, 0.717) is 12.8 Å². The second-order valence-corrected chi connectivity index (χ2v) is 8.91. The second kappa shape index (κ2) is 5.60. The van der Waals surface area contributed by atoms with E-state index in [9.17, 15) is 17.2 Å². The minimum absolute atomic E-state index is 0.142. The quantitative estimate of drug-likeness (QED) is 0.834. The summed E-state index contributed by atoms with van der Waals surface area (Å²) >= 11 is 0. The summed E-state index contributed by atoms with van der Waals surface area (Å²) in [5.41, 5.74) is 0.749. The van der Waals surface area contributed by atoms with Crippen LogP contribution in [0.1, 0.15) is 25.7 Å². The van der Waals surface area contributed by atoms with Gasteiger partial charge in [0.05, 0.1) is 10.6 Å². The molecule has 2 saturated carbocycles. The lowest BCUT2D eigenvalue weighted by molar-refractivity contribution is -0.0689. The van der Waals surface area contributed by atoms with E-state index in [4.69, 9.17) is 0 Å². The van der Waals surface area contributed by atoms with Crippen LogP contribution in [0.5, 0.6) is 0 Å².